The minimum atomic E-state index is -0.0623. The average Bonchev–Trinajstić information content (AvgIpc) is 3.17. The van der Waals surface area contributed by atoms with Crippen molar-refractivity contribution in [1.82, 2.24) is 15.8 Å². The number of amides is 1. The summed E-state index contributed by atoms with van der Waals surface area (Å²) in [6.07, 6.45) is 6.75. The third-order valence-electron chi connectivity index (χ3n) is 6.85. The number of hydrogen-bond donors (Lipinski definition) is 2. The summed E-state index contributed by atoms with van der Waals surface area (Å²) in [7, 11) is 3.37. The summed E-state index contributed by atoms with van der Waals surface area (Å²) in [5, 5.41) is 10.6. The third-order valence-corrected chi connectivity index (χ3v) is 6.85. The van der Waals surface area contributed by atoms with Gasteiger partial charge < -0.3 is 29.4 Å². The van der Waals surface area contributed by atoms with E-state index in [2.05, 4.69) is 21.9 Å². The Morgan fingerprint density at radius 2 is 2.09 bits per heavy atom. The molecule has 1 aromatic rings. The van der Waals surface area contributed by atoms with Gasteiger partial charge in [0.15, 0.2) is 0 Å². The Morgan fingerprint density at radius 1 is 1.31 bits per heavy atom. The lowest BCUT2D eigenvalue weighted by atomic mass is 9.83. The fraction of sp³-hybridized carbons (Fsp3) is 0.577. The number of nitrogens with one attached hydrogen (secondary N) is 2. The van der Waals surface area contributed by atoms with Gasteiger partial charge in [-0.05, 0) is 45.3 Å². The Bertz CT molecular complexity index is 1040. The van der Waals surface area contributed by atoms with E-state index in [4.69, 9.17) is 23.7 Å². The van der Waals surface area contributed by atoms with E-state index in [0.29, 0.717) is 38.4 Å². The number of carbonyl (C=O) groups excluding carboxylic acids is 1. The zero-order chi connectivity index (χ0) is 24.9. The molecule has 4 rings (SSSR count). The summed E-state index contributed by atoms with van der Waals surface area (Å²) in [5.41, 5.74) is 5.61. The fourth-order valence-electron chi connectivity index (χ4n) is 4.88. The first-order valence-electron chi connectivity index (χ1n) is 12.2. The second-order valence-corrected chi connectivity index (χ2v) is 9.39. The smallest absolute Gasteiger partial charge is 0.227 e. The first-order chi connectivity index (χ1) is 16.9. The van der Waals surface area contributed by atoms with E-state index < -0.39 is 0 Å². The molecule has 1 amide bonds. The lowest BCUT2D eigenvalue weighted by Crippen LogP contribution is -2.43. The van der Waals surface area contributed by atoms with Crippen molar-refractivity contribution in [3.05, 3.63) is 52.0 Å². The molecule has 35 heavy (non-hydrogen) atoms. The first kappa shape index (κ1) is 25.2. The van der Waals surface area contributed by atoms with Gasteiger partial charge in [0.25, 0.3) is 0 Å². The zero-order valence-electron chi connectivity index (χ0n) is 21.3. The van der Waals surface area contributed by atoms with Crippen LogP contribution >= 0.6 is 0 Å². The van der Waals surface area contributed by atoms with Crippen LogP contribution in [0.3, 0.4) is 0 Å². The van der Waals surface area contributed by atoms with E-state index in [1.54, 1.807) is 14.2 Å². The Labute approximate surface area is 206 Å². The minimum absolute atomic E-state index is 0.0123. The van der Waals surface area contributed by atoms with E-state index in [1.807, 2.05) is 27.0 Å². The number of fused-ring (bicyclic) bond motifs is 1. The van der Waals surface area contributed by atoms with Crippen LogP contribution in [0, 0.1) is 25.7 Å². The van der Waals surface area contributed by atoms with Gasteiger partial charge >= 0.3 is 0 Å². The topological polar surface area (TPSA) is 107 Å². The van der Waals surface area contributed by atoms with Crippen molar-refractivity contribution < 1.29 is 23.5 Å². The van der Waals surface area contributed by atoms with Crippen molar-refractivity contribution in [2.45, 2.75) is 52.5 Å². The van der Waals surface area contributed by atoms with Crippen molar-refractivity contribution in [2.24, 2.45) is 16.8 Å². The number of aromatic nitrogens is 1. The number of allylic oxidation sites excluding steroid dienone is 5. The van der Waals surface area contributed by atoms with Crippen molar-refractivity contribution in [3.8, 4) is 0 Å². The van der Waals surface area contributed by atoms with Crippen LogP contribution in [-0.2, 0) is 25.4 Å². The lowest BCUT2D eigenvalue weighted by Gasteiger charge is -2.34. The maximum absolute atomic E-state index is 13.0. The van der Waals surface area contributed by atoms with Crippen LogP contribution in [0.25, 0.3) is 0 Å². The van der Waals surface area contributed by atoms with Crippen molar-refractivity contribution >= 4 is 11.6 Å². The number of ether oxygens (including phenoxy) is 3. The molecular formula is C26H36N4O5. The van der Waals surface area contributed by atoms with Crippen molar-refractivity contribution in [2.75, 3.05) is 34.0 Å². The Balaban J connectivity index is 1.63. The van der Waals surface area contributed by atoms with Crippen LogP contribution < -0.4 is 10.6 Å². The molecule has 1 saturated heterocycles. The SMILES string of the molecule is COCC(C)N=C1C(NC(=O)C2CCOCC2)=CNC2=CC(Cc3c(C)noc3C)=C(OC)CC21. The lowest BCUT2D eigenvalue weighted by molar-refractivity contribution is -0.127. The van der Waals surface area contributed by atoms with E-state index in [-0.39, 0.29) is 23.8 Å². The predicted molar refractivity (Wildman–Crippen MR) is 132 cm³/mol. The van der Waals surface area contributed by atoms with Gasteiger partial charge in [-0.3, -0.25) is 9.79 Å². The molecule has 190 valence electrons. The number of rotatable bonds is 8. The summed E-state index contributed by atoms with van der Waals surface area (Å²) < 4.78 is 22.0. The predicted octanol–water partition coefficient (Wildman–Crippen LogP) is 3.10. The molecule has 2 atom stereocenters. The molecule has 1 aromatic heterocycles. The molecule has 1 aliphatic carbocycles. The number of hydrogen-bond acceptors (Lipinski definition) is 8. The molecule has 1 fully saturated rings. The number of nitrogens with zero attached hydrogens (tertiary/aromatic N) is 2. The third kappa shape index (κ3) is 5.67. The van der Waals surface area contributed by atoms with Crippen LogP contribution in [0.15, 0.2) is 44.5 Å². The van der Waals surface area contributed by atoms with Gasteiger partial charge in [0.1, 0.15) is 11.5 Å². The molecule has 9 heteroatoms. The summed E-state index contributed by atoms with van der Waals surface area (Å²) >= 11 is 0. The molecule has 0 radical (unpaired) electrons. The molecule has 3 heterocycles. The normalized spacial score (nSPS) is 22.8. The number of carbonyl (C=O) groups is 1. The molecule has 0 spiro atoms. The quantitative estimate of drug-likeness (QED) is 0.584. The molecule has 3 aliphatic rings. The summed E-state index contributed by atoms with van der Waals surface area (Å²) in [6.45, 7) is 7.62. The highest BCUT2D eigenvalue weighted by Crippen LogP contribution is 2.35. The van der Waals surface area contributed by atoms with Gasteiger partial charge in [-0.2, -0.15) is 0 Å². The largest absolute Gasteiger partial charge is 0.501 e. The average molecular weight is 485 g/mol. The van der Waals surface area contributed by atoms with Gasteiger partial charge in [-0.25, -0.2) is 0 Å². The maximum Gasteiger partial charge on any atom is 0.227 e. The Hall–Kier alpha value is -2.91. The summed E-state index contributed by atoms with van der Waals surface area (Å²) in [4.78, 5) is 18.0. The number of methoxy groups -OCH3 is 2. The van der Waals surface area contributed by atoms with Gasteiger partial charge in [-0.1, -0.05) is 5.16 Å². The molecule has 0 saturated carbocycles. The van der Waals surface area contributed by atoms with E-state index in [9.17, 15) is 4.79 Å². The van der Waals surface area contributed by atoms with Crippen LogP contribution in [0.2, 0.25) is 0 Å². The number of aryl methyl sites for hydroxylation is 2. The highest BCUT2D eigenvalue weighted by Gasteiger charge is 2.35. The second-order valence-electron chi connectivity index (χ2n) is 9.39. The van der Waals surface area contributed by atoms with Crippen molar-refractivity contribution in [3.63, 3.8) is 0 Å². The molecular weight excluding hydrogens is 448 g/mol. The Kier molecular flexibility index (Phi) is 8.07. The van der Waals surface area contributed by atoms with E-state index in [0.717, 1.165) is 52.6 Å². The van der Waals surface area contributed by atoms with Gasteiger partial charge in [0.2, 0.25) is 5.91 Å². The minimum Gasteiger partial charge on any atom is -0.501 e. The summed E-state index contributed by atoms with van der Waals surface area (Å²) in [5.74, 6) is 1.61. The molecule has 0 aromatic carbocycles. The van der Waals surface area contributed by atoms with Crippen LogP contribution in [0.1, 0.15) is 43.2 Å². The van der Waals surface area contributed by atoms with Gasteiger partial charge in [0, 0.05) is 56.5 Å². The first-order valence-corrected chi connectivity index (χ1v) is 12.2. The fourth-order valence-corrected chi connectivity index (χ4v) is 4.88. The zero-order valence-corrected chi connectivity index (χ0v) is 21.3. The van der Waals surface area contributed by atoms with Crippen LogP contribution in [0.4, 0.5) is 0 Å². The van der Waals surface area contributed by atoms with E-state index in [1.165, 1.54) is 0 Å². The maximum atomic E-state index is 13.0. The number of aliphatic imine (C=N–C) groups is 1. The highest BCUT2D eigenvalue weighted by molar-refractivity contribution is 6.07. The van der Waals surface area contributed by atoms with Crippen LogP contribution in [-0.4, -0.2) is 56.9 Å². The van der Waals surface area contributed by atoms with E-state index >= 15 is 0 Å². The second kappa shape index (κ2) is 11.2. The van der Waals surface area contributed by atoms with Crippen molar-refractivity contribution in [1.29, 1.82) is 0 Å². The summed E-state index contributed by atoms with van der Waals surface area (Å²) in [6, 6.07) is -0.0589. The van der Waals surface area contributed by atoms with Gasteiger partial charge in [-0.15, -0.1) is 0 Å². The molecule has 0 bridgehead atoms. The van der Waals surface area contributed by atoms with Crippen LogP contribution in [0.5, 0.6) is 0 Å². The monoisotopic (exact) mass is 484 g/mol. The molecule has 2 N–H and O–H groups in total. The molecule has 2 aliphatic heterocycles. The van der Waals surface area contributed by atoms with Gasteiger partial charge in [0.05, 0.1) is 42.8 Å². The highest BCUT2D eigenvalue weighted by atomic mass is 16.5. The molecule has 9 nitrogen and oxygen atoms in total. The standard InChI is InChI=1S/C26H36N4O5/c1-15(14-32-4)28-25-21-12-24(33-5)19(10-20-16(2)30-35-17(20)3)11-22(21)27-13-23(25)29-26(31)18-6-8-34-9-7-18/h11,13,15,18,21,27H,6-10,12,14H2,1-5H3,(H,29,31). The molecule has 2 unspecified atom stereocenters. The Morgan fingerprint density at radius 3 is 2.74 bits per heavy atom.